The monoisotopic (exact) mass is 332 g/mol. The fourth-order valence-corrected chi connectivity index (χ4v) is 3.69. The highest BCUT2D eigenvalue weighted by atomic mass is 32.2. The summed E-state index contributed by atoms with van der Waals surface area (Å²) in [5.41, 5.74) is 1.22. The number of hydrogen-bond acceptors (Lipinski definition) is 4. The summed E-state index contributed by atoms with van der Waals surface area (Å²) in [6.07, 6.45) is 2.21. The van der Waals surface area contributed by atoms with Crippen LogP contribution in [-0.2, 0) is 10.5 Å². The zero-order valence-corrected chi connectivity index (χ0v) is 14.9. The van der Waals surface area contributed by atoms with Crippen LogP contribution < -0.4 is 4.74 Å². The molecular formula is C18H24N2O2S. The van der Waals surface area contributed by atoms with E-state index in [1.54, 1.807) is 23.8 Å². The molecule has 1 fully saturated rings. The molecule has 1 heterocycles. The summed E-state index contributed by atoms with van der Waals surface area (Å²) >= 11 is 1.77. The van der Waals surface area contributed by atoms with E-state index < -0.39 is 0 Å². The number of carbonyl (C=O) groups is 1. The van der Waals surface area contributed by atoms with E-state index in [4.69, 9.17) is 10.00 Å². The van der Waals surface area contributed by atoms with Gasteiger partial charge in [0.1, 0.15) is 11.8 Å². The molecule has 1 unspecified atom stereocenters. The van der Waals surface area contributed by atoms with Crippen molar-refractivity contribution in [2.75, 3.05) is 13.7 Å². The minimum Gasteiger partial charge on any atom is -0.497 e. The lowest BCUT2D eigenvalue weighted by atomic mass is 10.1. The quantitative estimate of drug-likeness (QED) is 0.798. The Morgan fingerprint density at radius 3 is 2.74 bits per heavy atom. The molecule has 1 atom stereocenters. The van der Waals surface area contributed by atoms with E-state index >= 15 is 0 Å². The van der Waals surface area contributed by atoms with E-state index in [0.29, 0.717) is 6.42 Å². The predicted octanol–water partition coefficient (Wildman–Crippen LogP) is 3.61. The van der Waals surface area contributed by atoms with Gasteiger partial charge in [0, 0.05) is 23.5 Å². The molecule has 0 N–H and O–H groups in total. The Hall–Kier alpha value is -1.67. The third-order valence-corrected chi connectivity index (χ3v) is 5.49. The maximum absolute atomic E-state index is 12.5. The smallest absolute Gasteiger partial charge is 0.225 e. The van der Waals surface area contributed by atoms with E-state index in [2.05, 4.69) is 32.0 Å². The van der Waals surface area contributed by atoms with Gasteiger partial charge in [-0.3, -0.25) is 4.79 Å². The third-order valence-electron chi connectivity index (χ3n) is 4.09. The Morgan fingerprint density at radius 2 is 2.13 bits per heavy atom. The van der Waals surface area contributed by atoms with Crippen molar-refractivity contribution >= 4 is 17.7 Å². The van der Waals surface area contributed by atoms with Crippen molar-refractivity contribution in [1.82, 2.24) is 4.90 Å². The molecule has 0 radical (unpaired) electrons. The summed E-state index contributed by atoms with van der Waals surface area (Å²) in [6.45, 7) is 4.91. The standard InChI is InChI=1S/C18H24N2O2S/c1-18(2,11-17(21)20-10-4-5-15(20)12-19)23-13-14-6-8-16(22-3)9-7-14/h6-9,15H,4-5,10-11,13H2,1-3H3. The molecule has 0 spiro atoms. The lowest BCUT2D eigenvalue weighted by molar-refractivity contribution is -0.131. The molecule has 0 aliphatic carbocycles. The maximum Gasteiger partial charge on any atom is 0.225 e. The molecule has 2 rings (SSSR count). The van der Waals surface area contributed by atoms with Crippen LogP contribution in [-0.4, -0.2) is 35.3 Å². The van der Waals surface area contributed by atoms with E-state index in [9.17, 15) is 4.79 Å². The number of methoxy groups -OCH3 is 1. The van der Waals surface area contributed by atoms with Crippen molar-refractivity contribution in [3.8, 4) is 11.8 Å². The maximum atomic E-state index is 12.5. The molecule has 1 amide bonds. The van der Waals surface area contributed by atoms with Crippen molar-refractivity contribution in [3.63, 3.8) is 0 Å². The summed E-state index contributed by atoms with van der Waals surface area (Å²) in [5.74, 6) is 1.80. The molecule has 0 saturated carbocycles. The first kappa shape index (κ1) is 17.7. The Balaban J connectivity index is 1.88. The van der Waals surface area contributed by atoms with Crippen molar-refractivity contribution < 1.29 is 9.53 Å². The van der Waals surface area contributed by atoms with Gasteiger partial charge in [0.25, 0.3) is 0 Å². The fraction of sp³-hybridized carbons (Fsp3) is 0.556. The first-order valence-corrected chi connectivity index (χ1v) is 8.90. The highest BCUT2D eigenvalue weighted by molar-refractivity contribution is 7.99. The van der Waals surface area contributed by atoms with Crippen LogP contribution in [0, 0.1) is 11.3 Å². The normalized spacial score (nSPS) is 17.8. The SMILES string of the molecule is COc1ccc(CSC(C)(C)CC(=O)N2CCCC2C#N)cc1. The lowest BCUT2D eigenvalue weighted by Crippen LogP contribution is -2.38. The van der Waals surface area contributed by atoms with Gasteiger partial charge in [-0.2, -0.15) is 17.0 Å². The Bertz CT molecular complexity index is 578. The van der Waals surface area contributed by atoms with Crippen LogP contribution in [0.25, 0.3) is 0 Å². The second-order valence-electron chi connectivity index (χ2n) is 6.45. The van der Waals surface area contributed by atoms with Crippen LogP contribution in [0.3, 0.4) is 0 Å². The van der Waals surface area contributed by atoms with E-state index in [1.807, 2.05) is 12.1 Å². The van der Waals surface area contributed by atoms with Gasteiger partial charge >= 0.3 is 0 Å². The number of likely N-dealkylation sites (tertiary alicyclic amines) is 1. The van der Waals surface area contributed by atoms with Gasteiger partial charge in [-0.05, 0) is 30.5 Å². The highest BCUT2D eigenvalue weighted by Gasteiger charge is 2.32. The Morgan fingerprint density at radius 1 is 1.43 bits per heavy atom. The van der Waals surface area contributed by atoms with Gasteiger partial charge in [0.15, 0.2) is 0 Å². The average Bonchev–Trinajstić information content (AvgIpc) is 3.02. The number of ether oxygens (including phenoxy) is 1. The van der Waals surface area contributed by atoms with Crippen LogP contribution in [0.2, 0.25) is 0 Å². The molecule has 1 saturated heterocycles. The van der Waals surface area contributed by atoms with E-state index in [-0.39, 0.29) is 16.7 Å². The van der Waals surface area contributed by atoms with Gasteiger partial charge in [0.2, 0.25) is 5.91 Å². The van der Waals surface area contributed by atoms with E-state index in [0.717, 1.165) is 30.9 Å². The van der Waals surface area contributed by atoms with Crippen molar-refractivity contribution in [3.05, 3.63) is 29.8 Å². The van der Waals surface area contributed by atoms with Crippen LogP contribution in [0.1, 0.15) is 38.7 Å². The Kier molecular flexibility index (Phi) is 5.95. The first-order chi connectivity index (χ1) is 10.9. The fourth-order valence-electron chi connectivity index (χ4n) is 2.72. The predicted molar refractivity (Wildman–Crippen MR) is 93.3 cm³/mol. The van der Waals surface area contributed by atoms with Crippen LogP contribution >= 0.6 is 11.8 Å². The van der Waals surface area contributed by atoms with E-state index in [1.165, 1.54) is 5.56 Å². The molecule has 1 aromatic rings. The van der Waals surface area contributed by atoms with Crippen LogP contribution in [0.5, 0.6) is 5.75 Å². The zero-order valence-electron chi connectivity index (χ0n) is 14.0. The summed E-state index contributed by atoms with van der Waals surface area (Å²) in [6, 6.07) is 10.0. The molecule has 0 aromatic heterocycles. The summed E-state index contributed by atoms with van der Waals surface area (Å²) < 4.78 is 5.01. The van der Waals surface area contributed by atoms with Crippen molar-refractivity contribution in [2.45, 2.75) is 49.7 Å². The summed E-state index contributed by atoms with van der Waals surface area (Å²) in [4.78, 5) is 14.2. The van der Waals surface area contributed by atoms with Gasteiger partial charge in [-0.25, -0.2) is 0 Å². The summed E-state index contributed by atoms with van der Waals surface area (Å²) in [5, 5.41) is 9.12. The zero-order chi connectivity index (χ0) is 16.9. The van der Waals surface area contributed by atoms with Gasteiger partial charge in [-0.15, -0.1) is 0 Å². The Labute approximate surface area is 142 Å². The number of nitriles is 1. The van der Waals surface area contributed by atoms with Crippen LogP contribution in [0.15, 0.2) is 24.3 Å². The van der Waals surface area contributed by atoms with Crippen molar-refractivity contribution in [2.24, 2.45) is 0 Å². The number of amides is 1. The number of thioether (sulfide) groups is 1. The topological polar surface area (TPSA) is 53.3 Å². The van der Waals surface area contributed by atoms with Crippen LogP contribution in [0.4, 0.5) is 0 Å². The molecular weight excluding hydrogens is 308 g/mol. The molecule has 5 heteroatoms. The number of nitrogens with zero attached hydrogens (tertiary/aromatic N) is 2. The number of rotatable bonds is 6. The number of carbonyl (C=O) groups excluding carboxylic acids is 1. The number of hydrogen-bond donors (Lipinski definition) is 0. The largest absolute Gasteiger partial charge is 0.497 e. The molecule has 23 heavy (non-hydrogen) atoms. The molecule has 124 valence electrons. The van der Waals surface area contributed by atoms with Gasteiger partial charge < -0.3 is 9.64 Å². The molecule has 0 bridgehead atoms. The molecule has 1 aliphatic heterocycles. The second kappa shape index (κ2) is 7.74. The molecule has 4 nitrogen and oxygen atoms in total. The van der Waals surface area contributed by atoms with Gasteiger partial charge in [-0.1, -0.05) is 26.0 Å². The second-order valence-corrected chi connectivity index (χ2v) is 8.13. The van der Waals surface area contributed by atoms with Gasteiger partial charge in [0.05, 0.1) is 13.2 Å². The third kappa shape index (κ3) is 4.90. The number of benzene rings is 1. The average molecular weight is 332 g/mol. The first-order valence-electron chi connectivity index (χ1n) is 7.91. The lowest BCUT2D eigenvalue weighted by Gasteiger charge is -2.27. The highest BCUT2D eigenvalue weighted by Crippen LogP contribution is 2.33. The minimum absolute atomic E-state index is 0.0984. The summed E-state index contributed by atoms with van der Waals surface area (Å²) in [7, 11) is 1.66. The van der Waals surface area contributed by atoms with Crippen molar-refractivity contribution in [1.29, 1.82) is 5.26 Å². The minimum atomic E-state index is -0.232. The molecule has 1 aromatic carbocycles. The molecule has 1 aliphatic rings.